The van der Waals surface area contributed by atoms with Gasteiger partial charge in [-0.25, -0.2) is 0 Å². The van der Waals surface area contributed by atoms with Gasteiger partial charge in [0.2, 0.25) is 0 Å². The first-order valence-corrected chi connectivity index (χ1v) is 7.69. The summed E-state index contributed by atoms with van der Waals surface area (Å²) in [6.07, 6.45) is 1.39. The summed E-state index contributed by atoms with van der Waals surface area (Å²) >= 11 is 0. The minimum absolute atomic E-state index is 0.220. The molecule has 0 radical (unpaired) electrons. The Bertz CT molecular complexity index is 309. The van der Waals surface area contributed by atoms with Crippen molar-refractivity contribution in [3.8, 4) is 0 Å². The number of aliphatic imine (C=N–C) groups is 1. The number of carbonyl (C=O) groups is 1. The fourth-order valence-electron chi connectivity index (χ4n) is 2.19. The summed E-state index contributed by atoms with van der Waals surface area (Å²) in [6.45, 7) is 11.3. The summed E-state index contributed by atoms with van der Waals surface area (Å²) in [4.78, 5) is 17.6. The number of ether oxygens (including phenoxy) is 1. The lowest BCUT2D eigenvalue weighted by Crippen LogP contribution is -2.41. The molecule has 124 valence electrons. The van der Waals surface area contributed by atoms with E-state index in [-0.39, 0.29) is 5.97 Å². The first-order chi connectivity index (χ1) is 9.92. The van der Waals surface area contributed by atoms with E-state index in [9.17, 15) is 4.79 Å². The number of esters is 1. The van der Waals surface area contributed by atoms with Crippen molar-refractivity contribution >= 4 is 11.9 Å². The van der Waals surface area contributed by atoms with Crippen molar-refractivity contribution in [3.05, 3.63) is 0 Å². The lowest BCUT2D eigenvalue weighted by molar-refractivity contribution is -0.140. The van der Waals surface area contributed by atoms with Crippen molar-refractivity contribution < 1.29 is 9.53 Å². The second-order valence-electron chi connectivity index (χ2n) is 5.53. The van der Waals surface area contributed by atoms with Crippen LogP contribution in [0.2, 0.25) is 0 Å². The van der Waals surface area contributed by atoms with Crippen LogP contribution in [0.3, 0.4) is 0 Å². The van der Waals surface area contributed by atoms with E-state index in [0.717, 1.165) is 25.5 Å². The Labute approximate surface area is 129 Å². The van der Waals surface area contributed by atoms with E-state index < -0.39 is 0 Å². The quantitative estimate of drug-likeness (QED) is 0.290. The van der Waals surface area contributed by atoms with E-state index in [2.05, 4.69) is 53.0 Å². The van der Waals surface area contributed by atoms with Gasteiger partial charge in [-0.3, -0.25) is 14.7 Å². The Morgan fingerprint density at radius 3 is 2.19 bits per heavy atom. The predicted octanol–water partition coefficient (Wildman–Crippen LogP) is 1.22. The lowest BCUT2D eigenvalue weighted by atomic mass is 10.2. The molecule has 0 amide bonds. The van der Waals surface area contributed by atoms with E-state index in [1.54, 1.807) is 7.05 Å². The van der Waals surface area contributed by atoms with Gasteiger partial charge < -0.3 is 15.4 Å². The van der Waals surface area contributed by atoms with Gasteiger partial charge in [-0.2, -0.15) is 0 Å². The highest BCUT2D eigenvalue weighted by molar-refractivity contribution is 5.80. The van der Waals surface area contributed by atoms with Gasteiger partial charge in [0, 0.05) is 38.8 Å². The fourth-order valence-corrected chi connectivity index (χ4v) is 2.19. The molecule has 0 aromatic carbocycles. The van der Waals surface area contributed by atoms with Gasteiger partial charge >= 0.3 is 5.97 Å². The molecule has 0 heterocycles. The summed E-state index contributed by atoms with van der Waals surface area (Å²) < 4.78 is 4.59. The number of guanidine groups is 1. The molecular formula is C15H32N4O2. The first kappa shape index (κ1) is 19.7. The third kappa shape index (κ3) is 9.28. The van der Waals surface area contributed by atoms with Crippen LogP contribution in [0, 0.1) is 0 Å². The maximum Gasteiger partial charge on any atom is 0.307 e. The van der Waals surface area contributed by atoms with E-state index in [0.29, 0.717) is 25.0 Å². The van der Waals surface area contributed by atoms with E-state index in [1.165, 1.54) is 7.11 Å². The second-order valence-corrected chi connectivity index (χ2v) is 5.53. The molecule has 6 nitrogen and oxygen atoms in total. The Morgan fingerprint density at radius 2 is 1.71 bits per heavy atom. The molecule has 0 atom stereocenters. The first-order valence-electron chi connectivity index (χ1n) is 7.69. The molecule has 0 aromatic heterocycles. The molecule has 21 heavy (non-hydrogen) atoms. The van der Waals surface area contributed by atoms with Gasteiger partial charge in [-0.1, -0.05) is 0 Å². The van der Waals surface area contributed by atoms with Crippen molar-refractivity contribution in [1.82, 2.24) is 15.5 Å². The summed E-state index contributed by atoms with van der Waals surface area (Å²) in [5, 5.41) is 6.35. The minimum atomic E-state index is -0.220. The SMILES string of the molecule is CN=C(NCCCN(C(C)C)C(C)C)NCCC(=O)OC. The smallest absolute Gasteiger partial charge is 0.307 e. The third-order valence-corrected chi connectivity index (χ3v) is 3.28. The average Bonchev–Trinajstić information content (AvgIpc) is 2.43. The zero-order valence-electron chi connectivity index (χ0n) is 14.4. The van der Waals surface area contributed by atoms with Crippen LogP contribution in [-0.2, 0) is 9.53 Å². The van der Waals surface area contributed by atoms with Crippen molar-refractivity contribution in [1.29, 1.82) is 0 Å². The topological polar surface area (TPSA) is 66.0 Å². The van der Waals surface area contributed by atoms with Crippen LogP contribution < -0.4 is 10.6 Å². The van der Waals surface area contributed by atoms with E-state index in [1.807, 2.05) is 0 Å². The van der Waals surface area contributed by atoms with Crippen molar-refractivity contribution in [2.75, 3.05) is 33.8 Å². The van der Waals surface area contributed by atoms with Crippen LogP contribution in [0.5, 0.6) is 0 Å². The van der Waals surface area contributed by atoms with Crippen LogP contribution in [0.25, 0.3) is 0 Å². The van der Waals surface area contributed by atoms with Gasteiger partial charge in [0.1, 0.15) is 0 Å². The number of methoxy groups -OCH3 is 1. The number of nitrogens with one attached hydrogen (secondary N) is 2. The zero-order chi connectivity index (χ0) is 16.3. The van der Waals surface area contributed by atoms with Gasteiger partial charge in [0.25, 0.3) is 0 Å². The van der Waals surface area contributed by atoms with Gasteiger partial charge in [-0.15, -0.1) is 0 Å². The summed E-state index contributed by atoms with van der Waals surface area (Å²) in [5.74, 6) is 0.502. The Morgan fingerprint density at radius 1 is 1.14 bits per heavy atom. The van der Waals surface area contributed by atoms with Crippen molar-refractivity contribution in [2.45, 2.75) is 52.6 Å². The maximum absolute atomic E-state index is 11.0. The molecule has 6 heteroatoms. The van der Waals surface area contributed by atoms with Crippen LogP contribution >= 0.6 is 0 Å². The molecule has 0 unspecified atom stereocenters. The van der Waals surface area contributed by atoms with E-state index in [4.69, 9.17) is 0 Å². The summed E-state index contributed by atoms with van der Waals surface area (Å²) in [5.41, 5.74) is 0. The monoisotopic (exact) mass is 300 g/mol. The van der Waals surface area contributed by atoms with Gasteiger partial charge in [0.15, 0.2) is 5.96 Å². The second kappa shape index (κ2) is 11.4. The van der Waals surface area contributed by atoms with Crippen molar-refractivity contribution in [3.63, 3.8) is 0 Å². The van der Waals surface area contributed by atoms with Crippen LogP contribution in [0.4, 0.5) is 0 Å². The maximum atomic E-state index is 11.0. The van der Waals surface area contributed by atoms with Crippen molar-refractivity contribution in [2.24, 2.45) is 4.99 Å². The van der Waals surface area contributed by atoms with Crippen LogP contribution in [0.15, 0.2) is 4.99 Å². The van der Waals surface area contributed by atoms with Gasteiger partial charge in [-0.05, 0) is 34.1 Å². The average molecular weight is 300 g/mol. The number of hydrogen-bond donors (Lipinski definition) is 2. The minimum Gasteiger partial charge on any atom is -0.469 e. The Hall–Kier alpha value is -1.30. The highest BCUT2D eigenvalue weighted by Gasteiger charge is 2.12. The standard InChI is InChI=1S/C15H32N4O2/c1-12(2)19(13(3)4)11-7-9-17-15(16-5)18-10-8-14(20)21-6/h12-13H,7-11H2,1-6H3,(H2,16,17,18). The number of hydrogen-bond acceptors (Lipinski definition) is 4. The highest BCUT2D eigenvalue weighted by Crippen LogP contribution is 2.05. The third-order valence-electron chi connectivity index (χ3n) is 3.28. The zero-order valence-corrected chi connectivity index (χ0v) is 14.4. The normalized spacial score (nSPS) is 12.1. The lowest BCUT2D eigenvalue weighted by Gasteiger charge is -2.30. The number of rotatable bonds is 9. The molecule has 0 fully saturated rings. The molecule has 0 aliphatic heterocycles. The molecule has 0 aliphatic rings. The number of carbonyl (C=O) groups excluding carboxylic acids is 1. The molecule has 0 saturated heterocycles. The summed E-state index contributed by atoms with van der Waals surface area (Å²) in [7, 11) is 3.12. The summed E-state index contributed by atoms with van der Waals surface area (Å²) in [6, 6.07) is 1.12. The van der Waals surface area contributed by atoms with E-state index >= 15 is 0 Å². The van der Waals surface area contributed by atoms with Gasteiger partial charge in [0.05, 0.1) is 13.5 Å². The van der Waals surface area contributed by atoms with Crippen LogP contribution in [0.1, 0.15) is 40.5 Å². The molecular weight excluding hydrogens is 268 g/mol. The molecule has 0 aromatic rings. The predicted molar refractivity (Wildman–Crippen MR) is 87.6 cm³/mol. The Kier molecular flexibility index (Phi) is 10.7. The fraction of sp³-hybridized carbons (Fsp3) is 0.867. The molecule has 0 saturated carbocycles. The largest absolute Gasteiger partial charge is 0.469 e. The molecule has 0 bridgehead atoms. The molecule has 0 spiro atoms. The molecule has 2 N–H and O–H groups in total. The number of nitrogens with zero attached hydrogens (tertiary/aromatic N) is 2. The molecule has 0 aliphatic carbocycles. The van der Waals surface area contributed by atoms with Crippen LogP contribution in [-0.4, -0.2) is 62.7 Å². The molecule has 0 rings (SSSR count). The Balaban J connectivity index is 3.89. The highest BCUT2D eigenvalue weighted by atomic mass is 16.5.